The van der Waals surface area contributed by atoms with Crippen LogP contribution in [0.2, 0.25) is 0 Å². The molecule has 2 aromatic rings. The zero-order valence-corrected chi connectivity index (χ0v) is 25.3. The molecule has 0 aliphatic carbocycles. The van der Waals surface area contributed by atoms with E-state index in [0.717, 1.165) is 19.3 Å². The van der Waals surface area contributed by atoms with E-state index in [4.69, 9.17) is 18.9 Å². The molecular weight excluding hydrogens is 578 g/mol. The minimum Gasteiger partial charge on any atom is -0.492 e. The van der Waals surface area contributed by atoms with E-state index in [0.29, 0.717) is 37.5 Å². The first kappa shape index (κ1) is 34.3. The lowest BCUT2D eigenvalue weighted by atomic mass is 10.1. The fourth-order valence-corrected chi connectivity index (χ4v) is 4.40. The smallest absolute Gasteiger partial charge is 0.435 e. The normalized spacial score (nSPS) is 15.7. The maximum atomic E-state index is 13.1. The summed E-state index contributed by atoms with van der Waals surface area (Å²) < 4.78 is 23.5. The number of carbonyl (C=O) groups excluding carboxylic acids is 2. The molecule has 1 aliphatic heterocycles. The van der Waals surface area contributed by atoms with Crippen molar-refractivity contribution in [3.05, 3.63) is 52.3 Å². The number of carbonyl (C=O) groups is 3. The summed E-state index contributed by atoms with van der Waals surface area (Å²) in [7, 11) is 0. The molecule has 0 radical (unpaired) electrons. The predicted octanol–water partition coefficient (Wildman–Crippen LogP) is 3.15. The molecule has 0 bridgehead atoms. The van der Waals surface area contributed by atoms with Crippen molar-refractivity contribution in [1.82, 2.24) is 19.8 Å². The average Bonchev–Trinajstić information content (AvgIpc) is 3.42. The number of benzene rings is 1. The van der Waals surface area contributed by atoms with Crippen LogP contribution >= 0.6 is 0 Å². The lowest BCUT2D eigenvalue weighted by Crippen LogP contribution is -2.44. The topological polar surface area (TPSA) is 185 Å². The number of hydrogen-bond donors (Lipinski definition) is 2. The third-order valence-corrected chi connectivity index (χ3v) is 6.51. The molecule has 1 aromatic heterocycles. The van der Waals surface area contributed by atoms with Crippen molar-refractivity contribution in [3.63, 3.8) is 0 Å². The Balaban J connectivity index is 1.54. The van der Waals surface area contributed by atoms with Crippen molar-refractivity contribution < 1.29 is 43.4 Å². The molecule has 15 heteroatoms. The molecule has 1 aliphatic rings. The van der Waals surface area contributed by atoms with Gasteiger partial charge in [0.15, 0.2) is 12.8 Å². The van der Waals surface area contributed by atoms with E-state index in [9.17, 15) is 29.6 Å². The van der Waals surface area contributed by atoms with Crippen molar-refractivity contribution >= 4 is 23.9 Å². The average molecular weight is 620 g/mol. The van der Waals surface area contributed by atoms with Crippen LogP contribution in [0.25, 0.3) is 0 Å². The largest absolute Gasteiger partial charge is 0.492 e. The van der Waals surface area contributed by atoms with Gasteiger partial charge in [-0.25, -0.2) is 14.2 Å². The van der Waals surface area contributed by atoms with Crippen molar-refractivity contribution in [2.45, 2.75) is 77.4 Å². The van der Waals surface area contributed by atoms with Crippen LogP contribution < -0.4 is 10.1 Å². The standard InChI is InChI=1S/C29H41N5O10/c1-29(2,3)44-28(38)31-23(26(36)37)19-21-8-10-22(11-9-21)41-18-15-32(13-6-17-43-25-7-4-5-16-42-25)24(35)20-33-14-12-30-27(33)34(39)40/h8-12,14,23,25H,4-7,13,15-20H2,1-3H3,(H,31,38)(H,36,37)/t23-,25?/m0/s1. The van der Waals surface area contributed by atoms with Gasteiger partial charge in [-0.05, 0) is 69.1 Å². The van der Waals surface area contributed by atoms with Crippen LogP contribution in [0.1, 0.15) is 52.0 Å². The Morgan fingerprint density at radius 2 is 1.95 bits per heavy atom. The third-order valence-electron chi connectivity index (χ3n) is 6.51. The van der Waals surface area contributed by atoms with Crippen molar-refractivity contribution in [2.75, 3.05) is 32.9 Å². The van der Waals surface area contributed by atoms with Gasteiger partial charge in [0.2, 0.25) is 0 Å². The first-order valence-corrected chi connectivity index (χ1v) is 14.5. The molecular formula is C29H41N5O10. The zero-order valence-electron chi connectivity index (χ0n) is 25.3. The number of nitro groups is 1. The second-order valence-electron chi connectivity index (χ2n) is 11.2. The summed E-state index contributed by atoms with van der Waals surface area (Å²) in [5, 5.41) is 23.1. The van der Waals surface area contributed by atoms with Crippen LogP contribution in [0.5, 0.6) is 5.75 Å². The van der Waals surface area contributed by atoms with E-state index in [1.807, 2.05) is 0 Å². The van der Waals surface area contributed by atoms with Crippen molar-refractivity contribution in [1.29, 1.82) is 0 Å². The fraction of sp³-hybridized carbons (Fsp3) is 0.586. The quantitative estimate of drug-likeness (QED) is 0.160. The van der Waals surface area contributed by atoms with E-state index >= 15 is 0 Å². The Hall–Kier alpha value is -4.24. The van der Waals surface area contributed by atoms with Gasteiger partial charge < -0.3 is 44.4 Å². The Morgan fingerprint density at radius 1 is 1.20 bits per heavy atom. The van der Waals surface area contributed by atoms with Gasteiger partial charge in [0.25, 0.3) is 5.91 Å². The number of aliphatic carboxylic acids is 1. The molecule has 2 heterocycles. The highest BCUT2D eigenvalue weighted by Gasteiger charge is 2.25. The molecule has 1 saturated heterocycles. The molecule has 1 fully saturated rings. The number of hydrogen-bond acceptors (Lipinski definition) is 10. The number of rotatable bonds is 16. The molecule has 242 valence electrons. The molecule has 0 spiro atoms. The summed E-state index contributed by atoms with van der Waals surface area (Å²) >= 11 is 0. The molecule has 44 heavy (non-hydrogen) atoms. The molecule has 1 aromatic carbocycles. The van der Waals surface area contributed by atoms with Crippen LogP contribution in [0.3, 0.4) is 0 Å². The van der Waals surface area contributed by atoms with Gasteiger partial charge in [-0.1, -0.05) is 17.1 Å². The maximum Gasteiger partial charge on any atom is 0.435 e. The first-order valence-electron chi connectivity index (χ1n) is 14.5. The molecule has 0 saturated carbocycles. The molecule has 3 rings (SSSR count). The number of alkyl carbamates (subject to hydrolysis) is 1. The summed E-state index contributed by atoms with van der Waals surface area (Å²) in [5.74, 6) is -1.45. The first-order chi connectivity index (χ1) is 20.9. The second-order valence-corrected chi connectivity index (χ2v) is 11.2. The number of nitrogens with zero attached hydrogens (tertiary/aromatic N) is 4. The fourth-order valence-electron chi connectivity index (χ4n) is 4.40. The predicted molar refractivity (Wildman–Crippen MR) is 156 cm³/mol. The van der Waals surface area contributed by atoms with Gasteiger partial charge in [0.05, 0.1) is 13.2 Å². The second kappa shape index (κ2) is 16.6. The van der Waals surface area contributed by atoms with Gasteiger partial charge in [-0.2, -0.15) is 0 Å². The minimum absolute atomic E-state index is 0.0332. The van der Waals surface area contributed by atoms with Crippen LogP contribution in [0.4, 0.5) is 10.7 Å². The van der Waals surface area contributed by atoms with Crippen LogP contribution in [0.15, 0.2) is 36.7 Å². The van der Waals surface area contributed by atoms with Gasteiger partial charge in [0.1, 0.15) is 36.4 Å². The summed E-state index contributed by atoms with van der Waals surface area (Å²) in [4.78, 5) is 52.7. The van der Waals surface area contributed by atoms with E-state index in [2.05, 4.69) is 10.3 Å². The molecule has 2 atom stereocenters. The summed E-state index contributed by atoms with van der Waals surface area (Å²) in [6, 6.07) is 5.53. The third kappa shape index (κ3) is 11.8. The maximum absolute atomic E-state index is 13.1. The SMILES string of the molecule is CC(C)(C)OC(=O)N[C@@H](Cc1ccc(OCCN(CCCOC2CCCCO2)C(=O)Cn2ccnc2[N+](=O)[O-])cc1)C(=O)O. The summed E-state index contributed by atoms with van der Waals surface area (Å²) in [5.41, 5.74) is -0.108. The Kier molecular flexibility index (Phi) is 12.9. The highest BCUT2D eigenvalue weighted by atomic mass is 16.7. The molecule has 2 N–H and O–H groups in total. The van der Waals surface area contributed by atoms with E-state index < -0.39 is 34.6 Å². The Morgan fingerprint density at radius 3 is 2.59 bits per heavy atom. The van der Waals surface area contributed by atoms with E-state index in [-0.39, 0.29) is 38.3 Å². The molecule has 1 unspecified atom stereocenters. The van der Waals surface area contributed by atoms with Crippen molar-refractivity contribution in [2.24, 2.45) is 0 Å². The van der Waals surface area contributed by atoms with Gasteiger partial charge >= 0.3 is 18.0 Å². The summed E-state index contributed by atoms with van der Waals surface area (Å²) in [6.07, 6.45) is 5.05. The van der Waals surface area contributed by atoms with E-state index in [1.54, 1.807) is 49.9 Å². The van der Waals surface area contributed by atoms with Gasteiger partial charge in [-0.3, -0.25) is 4.79 Å². The number of carboxylic acids is 1. The van der Waals surface area contributed by atoms with E-state index in [1.165, 1.54) is 17.0 Å². The number of imidazole rings is 1. The van der Waals surface area contributed by atoms with Gasteiger partial charge in [0, 0.05) is 19.6 Å². The van der Waals surface area contributed by atoms with Gasteiger partial charge in [-0.15, -0.1) is 0 Å². The van der Waals surface area contributed by atoms with Crippen molar-refractivity contribution in [3.8, 4) is 5.75 Å². The number of carboxylic acid groups (broad SMARTS) is 1. The summed E-state index contributed by atoms with van der Waals surface area (Å²) in [6.45, 7) is 6.56. The zero-order chi connectivity index (χ0) is 32.1. The van der Waals surface area contributed by atoms with Crippen LogP contribution in [0, 0.1) is 10.1 Å². The molecule has 2 amide bonds. The number of nitrogens with one attached hydrogen (secondary N) is 1. The number of aromatic nitrogens is 2. The number of ether oxygens (including phenoxy) is 4. The minimum atomic E-state index is -1.20. The molecule has 15 nitrogen and oxygen atoms in total. The van der Waals surface area contributed by atoms with Crippen LogP contribution in [-0.4, -0.2) is 93.3 Å². The number of amides is 2. The lowest BCUT2D eigenvalue weighted by Gasteiger charge is -2.25. The Labute approximate surface area is 255 Å². The Bertz CT molecular complexity index is 1240. The highest BCUT2D eigenvalue weighted by molar-refractivity contribution is 5.80. The van der Waals surface area contributed by atoms with Crippen LogP contribution in [-0.2, 0) is 36.8 Å². The monoisotopic (exact) mass is 619 g/mol. The lowest BCUT2D eigenvalue weighted by molar-refractivity contribution is -0.396. The highest BCUT2D eigenvalue weighted by Crippen LogP contribution is 2.16.